The Morgan fingerprint density at radius 3 is 3.05 bits per heavy atom. The molecular weight excluding hydrogens is 260 g/mol. The van der Waals surface area contributed by atoms with Gasteiger partial charge in [0.25, 0.3) is 0 Å². The van der Waals surface area contributed by atoms with Gasteiger partial charge < -0.3 is 5.32 Å². The minimum Gasteiger partial charge on any atom is -0.347 e. The second-order valence-electron chi connectivity index (χ2n) is 4.58. The third-order valence-corrected chi connectivity index (χ3v) is 3.95. The van der Waals surface area contributed by atoms with Crippen LogP contribution in [-0.2, 0) is 11.2 Å². The normalized spacial score (nSPS) is 12.3. The van der Waals surface area contributed by atoms with Gasteiger partial charge in [0.05, 0.1) is 12.2 Å². The van der Waals surface area contributed by atoms with Crippen molar-refractivity contribution in [1.82, 2.24) is 20.5 Å². The number of hydrogen-bond donors (Lipinski definition) is 2. The van der Waals surface area contributed by atoms with E-state index in [1.807, 2.05) is 25.4 Å². The lowest BCUT2D eigenvalue weighted by Crippen LogP contribution is -2.26. The molecule has 2 aromatic heterocycles. The van der Waals surface area contributed by atoms with Crippen molar-refractivity contribution in [3.63, 3.8) is 0 Å². The highest BCUT2D eigenvalue weighted by Gasteiger charge is 2.12. The molecule has 2 aromatic rings. The maximum absolute atomic E-state index is 11.8. The fourth-order valence-corrected chi connectivity index (χ4v) is 2.62. The predicted molar refractivity (Wildman–Crippen MR) is 74.9 cm³/mol. The fourth-order valence-electron chi connectivity index (χ4n) is 1.81. The van der Waals surface area contributed by atoms with Gasteiger partial charge in [0.2, 0.25) is 5.91 Å². The number of nitrogens with zero attached hydrogens (tertiary/aromatic N) is 2. The van der Waals surface area contributed by atoms with E-state index in [4.69, 9.17) is 0 Å². The Morgan fingerprint density at radius 2 is 2.42 bits per heavy atom. The molecular formula is C13H18N4OS. The van der Waals surface area contributed by atoms with Gasteiger partial charge in [-0.3, -0.25) is 9.89 Å². The molecule has 2 heterocycles. The molecule has 1 unspecified atom stereocenters. The van der Waals surface area contributed by atoms with Gasteiger partial charge in [-0.05, 0) is 32.3 Å². The monoisotopic (exact) mass is 278 g/mol. The smallest absolute Gasteiger partial charge is 0.220 e. The van der Waals surface area contributed by atoms with Gasteiger partial charge in [0, 0.05) is 23.7 Å². The first kappa shape index (κ1) is 13.7. The number of rotatable bonds is 6. The molecule has 102 valence electrons. The fraction of sp³-hybridized carbons (Fsp3) is 0.462. The van der Waals surface area contributed by atoms with E-state index in [2.05, 4.69) is 20.5 Å². The van der Waals surface area contributed by atoms with Crippen LogP contribution in [0.1, 0.15) is 42.1 Å². The topological polar surface area (TPSA) is 70.7 Å². The van der Waals surface area contributed by atoms with Gasteiger partial charge in [0.15, 0.2) is 0 Å². The van der Waals surface area contributed by atoms with Crippen LogP contribution in [0.15, 0.2) is 17.8 Å². The van der Waals surface area contributed by atoms with Crippen LogP contribution >= 0.6 is 11.3 Å². The second kappa shape index (κ2) is 6.47. The van der Waals surface area contributed by atoms with Gasteiger partial charge in [-0.25, -0.2) is 4.98 Å². The maximum atomic E-state index is 11.8. The highest BCUT2D eigenvalue weighted by Crippen LogP contribution is 2.17. The van der Waals surface area contributed by atoms with Gasteiger partial charge in [-0.15, -0.1) is 11.3 Å². The van der Waals surface area contributed by atoms with E-state index in [1.54, 1.807) is 17.5 Å². The lowest BCUT2D eigenvalue weighted by Gasteiger charge is -2.10. The summed E-state index contributed by atoms with van der Waals surface area (Å²) in [4.78, 5) is 16.2. The van der Waals surface area contributed by atoms with Crippen molar-refractivity contribution in [3.05, 3.63) is 34.0 Å². The number of H-pyrrole nitrogens is 1. The quantitative estimate of drug-likeness (QED) is 0.852. The number of nitrogens with one attached hydrogen (secondary N) is 2. The summed E-state index contributed by atoms with van der Waals surface area (Å²) in [6.45, 7) is 3.92. The first-order valence-electron chi connectivity index (χ1n) is 6.34. The highest BCUT2D eigenvalue weighted by atomic mass is 32.1. The first-order valence-corrected chi connectivity index (χ1v) is 7.22. The van der Waals surface area contributed by atoms with Crippen LogP contribution in [0.4, 0.5) is 0 Å². The summed E-state index contributed by atoms with van der Waals surface area (Å²) in [5.74, 6) is 0.0730. The molecule has 1 amide bonds. The van der Waals surface area contributed by atoms with Crippen molar-refractivity contribution < 1.29 is 4.79 Å². The number of aryl methyl sites for hydroxylation is 2. The standard InChI is InChI=1S/C13H18N4OS/c1-9-8-19-13(16-9)10(2)17-12(18)5-3-4-11-6-14-15-7-11/h6-8,10H,3-5H2,1-2H3,(H,14,15)(H,17,18). The molecule has 0 aliphatic carbocycles. The summed E-state index contributed by atoms with van der Waals surface area (Å²) < 4.78 is 0. The molecule has 0 aliphatic heterocycles. The minimum atomic E-state index is -0.0138. The van der Waals surface area contributed by atoms with Crippen molar-refractivity contribution >= 4 is 17.2 Å². The molecule has 2 rings (SSSR count). The molecule has 0 saturated carbocycles. The van der Waals surface area contributed by atoms with Gasteiger partial charge in [0.1, 0.15) is 5.01 Å². The van der Waals surface area contributed by atoms with E-state index >= 15 is 0 Å². The van der Waals surface area contributed by atoms with Crippen molar-refractivity contribution in [2.24, 2.45) is 0 Å². The molecule has 5 nitrogen and oxygen atoms in total. The molecule has 0 saturated heterocycles. The molecule has 19 heavy (non-hydrogen) atoms. The van der Waals surface area contributed by atoms with Crippen LogP contribution < -0.4 is 5.32 Å². The summed E-state index contributed by atoms with van der Waals surface area (Å²) >= 11 is 1.58. The lowest BCUT2D eigenvalue weighted by molar-refractivity contribution is -0.121. The van der Waals surface area contributed by atoms with E-state index in [0.717, 1.165) is 29.1 Å². The molecule has 0 fully saturated rings. The first-order chi connectivity index (χ1) is 9.15. The number of carbonyl (C=O) groups excluding carboxylic acids is 1. The van der Waals surface area contributed by atoms with Crippen LogP contribution in [0, 0.1) is 6.92 Å². The number of amides is 1. The Hall–Kier alpha value is -1.69. The number of thiazole rings is 1. The number of aromatic nitrogens is 3. The van der Waals surface area contributed by atoms with E-state index in [-0.39, 0.29) is 11.9 Å². The zero-order chi connectivity index (χ0) is 13.7. The summed E-state index contributed by atoms with van der Waals surface area (Å²) in [6.07, 6.45) is 5.88. The third-order valence-electron chi connectivity index (χ3n) is 2.81. The SMILES string of the molecule is Cc1csc(C(C)NC(=O)CCCc2cn[nH]c2)n1. The molecule has 0 spiro atoms. The average Bonchev–Trinajstić information content (AvgIpc) is 3.00. The van der Waals surface area contributed by atoms with Crippen LogP contribution in [-0.4, -0.2) is 21.1 Å². The molecule has 2 N–H and O–H groups in total. The van der Waals surface area contributed by atoms with Crippen molar-refractivity contribution in [2.75, 3.05) is 0 Å². The summed E-state index contributed by atoms with van der Waals surface area (Å²) in [7, 11) is 0. The minimum absolute atomic E-state index is 0.0138. The van der Waals surface area contributed by atoms with Crippen LogP contribution in [0.25, 0.3) is 0 Å². The van der Waals surface area contributed by atoms with Crippen LogP contribution in [0.3, 0.4) is 0 Å². The molecule has 0 aromatic carbocycles. The van der Waals surface area contributed by atoms with Crippen LogP contribution in [0.2, 0.25) is 0 Å². The molecule has 0 radical (unpaired) electrons. The zero-order valence-corrected chi connectivity index (χ0v) is 12.0. The van der Waals surface area contributed by atoms with E-state index < -0.39 is 0 Å². The lowest BCUT2D eigenvalue weighted by atomic mass is 10.1. The highest BCUT2D eigenvalue weighted by molar-refractivity contribution is 7.09. The Labute approximate surface area is 116 Å². The van der Waals surface area contributed by atoms with E-state index in [0.29, 0.717) is 6.42 Å². The number of carbonyl (C=O) groups is 1. The Balaban J connectivity index is 1.72. The van der Waals surface area contributed by atoms with Crippen molar-refractivity contribution in [3.8, 4) is 0 Å². The molecule has 0 bridgehead atoms. The van der Waals surface area contributed by atoms with Gasteiger partial charge in [-0.2, -0.15) is 5.10 Å². The number of aromatic amines is 1. The second-order valence-corrected chi connectivity index (χ2v) is 5.47. The van der Waals surface area contributed by atoms with Gasteiger partial charge in [-0.1, -0.05) is 0 Å². The zero-order valence-electron chi connectivity index (χ0n) is 11.1. The number of hydrogen-bond acceptors (Lipinski definition) is 4. The Morgan fingerprint density at radius 1 is 1.58 bits per heavy atom. The van der Waals surface area contributed by atoms with Crippen molar-refractivity contribution in [1.29, 1.82) is 0 Å². The van der Waals surface area contributed by atoms with Crippen molar-refractivity contribution in [2.45, 2.75) is 39.2 Å². The van der Waals surface area contributed by atoms with Crippen LogP contribution in [0.5, 0.6) is 0 Å². The molecule has 0 aliphatic rings. The van der Waals surface area contributed by atoms with E-state index in [9.17, 15) is 4.79 Å². The summed E-state index contributed by atoms with van der Waals surface area (Å²) in [6, 6.07) is -0.0138. The maximum Gasteiger partial charge on any atom is 0.220 e. The third kappa shape index (κ3) is 4.17. The molecule has 1 atom stereocenters. The Bertz CT molecular complexity index is 520. The van der Waals surface area contributed by atoms with E-state index in [1.165, 1.54) is 0 Å². The summed E-state index contributed by atoms with van der Waals surface area (Å²) in [5, 5.41) is 12.6. The van der Waals surface area contributed by atoms with Gasteiger partial charge >= 0.3 is 0 Å². The molecule has 6 heteroatoms. The average molecular weight is 278 g/mol. The predicted octanol–water partition coefficient (Wildman–Crippen LogP) is 2.37. The summed E-state index contributed by atoms with van der Waals surface area (Å²) in [5.41, 5.74) is 2.14. The largest absolute Gasteiger partial charge is 0.347 e. The Kier molecular flexibility index (Phi) is 4.68.